The van der Waals surface area contributed by atoms with Crippen molar-refractivity contribution in [3.8, 4) is 0 Å². The van der Waals surface area contributed by atoms with Gasteiger partial charge in [0, 0.05) is 0 Å². The van der Waals surface area contributed by atoms with Gasteiger partial charge in [0.15, 0.2) is 0 Å². The molecular formula is C20H38. The van der Waals surface area contributed by atoms with Crippen LogP contribution in [0.5, 0.6) is 0 Å². The van der Waals surface area contributed by atoms with Crippen molar-refractivity contribution in [1.82, 2.24) is 0 Å². The number of hydrogen-bond acceptors (Lipinski definition) is 0. The lowest BCUT2D eigenvalue weighted by molar-refractivity contribution is 0.0230. The standard InChI is InChI=1S/C20H38/c1-15(2)18-11-10-16(3)8-6-12-20(5)13-7-9-17(4)19(20)14-18/h15-19H,6-14H2,1-5H3. The van der Waals surface area contributed by atoms with Crippen LogP contribution in [0, 0.1) is 35.0 Å². The third-order valence-corrected chi connectivity index (χ3v) is 6.96. The van der Waals surface area contributed by atoms with Crippen molar-refractivity contribution in [2.75, 3.05) is 0 Å². The average Bonchev–Trinajstić information content (AvgIpc) is 2.36. The molecule has 0 aromatic rings. The quantitative estimate of drug-likeness (QED) is 0.501. The van der Waals surface area contributed by atoms with Crippen LogP contribution < -0.4 is 0 Å². The lowest BCUT2D eigenvalue weighted by Gasteiger charge is -2.48. The molecule has 2 aliphatic rings. The van der Waals surface area contributed by atoms with Gasteiger partial charge in [-0.1, -0.05) is 66.7 Å². The van der Waals surface area contributed by atoms with E-state index in [1.807, 2.05) is 0 Å². The molecule has 5 unspecified atom stereocenters. The second-order valence-corrected chi connectivity index (χ2v) is 8.94. The SMILES string of the molecule is CC1CCCC2(C)CCCC(C)C2CC(C(C)C)CC1. The van der Waals surface area contributed by atoms with Crippen molar-refractivity contribution in [3.05, 3.63) is 0 Å². The zero-order chi connectivity index (χ0) is 14.8. The molecule has 118 valence electrons. The number of fused-ring (bicyclic) bond motifs is 1. The zero-order valence-electron chi connectivity index (χ0n) is 14.8. The van der Waals surface area contributed by atoms with Gasteiger partial charge >= 0.3 is 0 Å². The molecule has 2 aliphatic carbocycles. The smallest absolute Gasteiger partial charge is 0.0295 e. The molecule has 0 aromatic heterocycles. The van der Waals surface area contributed by atoms with Crippen molar-refractivity contribution in [2.24, 2.45) is 35.0 Å². The first-order valence-corrected chi connectivity index (χ1v) is 9.42. The van der Waals surface area contributed by atoms with Crippen molar-refractivity contribution in [2.45, 2.75) is 92.4 Å². The minimum absolute atomic E-state index is 0.655. The maximum absolute atomic E-state index is 2.64. The van der Waals surface area contributed by atoms with Gasteiger partial charge in [-0.3, -0.25) is 0 Å². The van der Waals surface area contributed by atoms with Gasteiger partial charge in [-0.25, -0.2) is 0 Å². The molecule has 0 heterocycles. The first-order chi connectivity index (χ1) is 9.42. The predicted molar refractivity (Wildman–Crippen MR) is 89.8 cm³/mol. The third-order valence-electron chi connectivity index (χ3n) is 6.96. The van der Waals surface area contributed by atoms with Gasteiger partial charge in [-0.15, -0.1) is 0 Å². The molecule has 0 radical (unpaired) electrons. The van der Waals surface area contributed by atoms with Gasteiger partial charge in [0.25, 0.3) is 0 Å². The van der Waals surface area contributed by atoms with E-state index in [0.29, 0.717) is 5.41 Å². The molecule has 0 aromatic carbocycles. The molecule has 0 N–H and O–H groups in total. The summed E-state index contributed by atoms with van der Waals surface area (Å²) >= 11 is 0. The molecule has 2 saturated carbocycles. The highest BCUT2D eigenvalue weighted by Crippen LogP contribution is 2.51. The molecule has 0 amide bonds. The Morgan fingerprint density at radius 3 is 2.20 bits per heavy atom. The van der Waals surface area contributed by atoms with E-state index in [2.05, 4.69) is 34.6 Å². The Hall–Kier alpha value is 0. The highest BCUT2D eigenvalue weighted by Gasteiger charge is 2.41. The fraction of sp³-hybridized carbons (Fsp3) is 1.00. The summed E-state index contributed by atoms with van der Waals surface area (Å²) in [5.74, 6) is 4.77. The van der Waals surface area contributed by atoms with Crippen LogP contribution in [0.4, 0.5) is 0 Å². The largest absolute Gasteiger partial charge is 0.0625 e. The number of rotatable bonds is 1. The molecule has 0 spiro atoms. The molecule has 0 nitrogen and oxygen atoms in total. The Bertz CT molecular complexity index is 292. The maximum Gasteiger partial charge on any atom is -0.0295 e. The van der Waals surface area contributed by atoms with Gasteiger partial charge < -0.3 is 0 Å². The topological polar surface area (TPSA) is 0 Å². The van der Waals surface area contributed by atoms with Crippen LogP contribution in [-0.2, 0) is 0 Å². The summed E-state index contributed by atoms with van der Waals surface area (Å²) in [6.07, 6.45) is 13.4. The molecule has 0 aliphatic heterocycles. The molecule has 0 bridgehead atoms. The minimum atomic E-state index is 0.655. The van der Waals surface area contributed by atoms with Crippen LogP contribution in [0.1, 0.15) is 92.4 Å². The van der Waals surface area contributed by atoms with Crippen molar-refractivity contribution >= 4 is 0 Å². The third kappa shape index (κ3) is 3.80. The first-order valence-electron chi connectivity index (χ1n) is 9.42. The summed E-state index contributed by atoms with van der Waals surface area (Å²) in [4.78, 5) is 0. The van der Waals surface area contributed by atoms with Crippen LogP contribution >= 0.6 is 0 Å². The molecule has 0 saturated heterocycles. The van der Waals surface area contributed by atoms with Crippen LogP contribution in [0.3, 0.4) is 0 Å². The van der Waals surface area contributed by atoms with Gasteiger partial charge in [0.05, 0.1) is 0 Å². The van der Waals surface area contributed by atoms with E-state index in [0.717, 1.165) is 29.6 Å². The maximum atomic E-state index is 2.64. The summed E-state index contributed by atoms with van der Waals surface area (Å²) in [5.41, 5.74) is 0.655. The molecular weight excluding hydrogens is 240 g/mol. The van der Waals surface area contributed by atoms with Crippen molar-refractivity contribution < 1.29 is 0 Å². The van der Waals surface area contributed by atoms with Gasteiger partial charge in [-0.05, 0) is 60.7 Å². The summed E-state index contributed by atoms with van der Waals surface area (Å²) < 4.78 is 0. The zero-order valence-corrected chi connectivity index (χ0v) is 14.8. The molecule has 20 heavy (non-hydrogen) atoms. The van der Waals surface area contributed by atoms with E-state index >= 15 is 0 Å². The molecule has 2 fully saturated rings. The fourth-order valence-corrected chi connectivity index (χ4v) is 5.28. The first kappa shape index (κ1) is 16.4. The van der Waals surface area contributed by atoms with E-state index < -0.39 is 0 Å². The fourth-order valence-electron chi connectivity index (χ4n) is 5.28. The van der Waals surface area contributed by atoms with Gasteiger partial charge in [0.2, 0.25) is 0 Å². The van der Waals surface area contributed by atoms with Crippen LogP contribution in [0.15, 0.2) is 0 Å². The van der Waals surface area contributed by atoms with E-state index in [1.54, 1.807) is 0 Å². The Kier molecular flexibility index (Phi) is 5.60. The van der Waals surface area contributed by atoms with Gasteiger partial charge in [0.1, 0.15) is 0 Å². The Balaban J connectivity index is 2.17. The molecule has 2 rings (SSSR count). The predicted octanol–water partition coefficient (Wildman–Crippen LogP) is 6.69. The minimum Gasteiger partial charge on any atom is -0.0625 e. The van der Waals surface area contributed by atoms with E-state index in [1.165, 1.54) is 57.8 Å². The average molecular weight is 279 g/mol. The van der Waals surface area contributed by atoms with E-state index in [4.69, 9.17) is 0 Å². The van der Waals surface area contributed by atoms with Crippen LogP contribution in [0.25, 0.3) is 0 Å². The lowest BCUT2D eigenvalue weighted by Crippen LogP contribution is -2.38. The highest BCUT2D eigenvalue weighted by molar-refractivity contribution is 4.91. The summed E-state index contributed by atoms with van der Waals surface area (Å²) in [6, 6.07) is 0. The second kappa shape index (κ2) is 6.84. The second-order valence-electron chi connectivity index (χ2n) is 8.94. The highest BCUT2D eigenvalue weighted by atomic mass is 14.5. The summed E-state index contributed by atoms with van der Waals surface area (Å²) in [5, 5.41) is 0. The Morgan fingerprint density at radius 2 is 1.55 bits per heavy atom. The normalized spacial score (nSPS) is 44.1. The molecule has 0 heteroatoms. The summed E-state index contributed by atoms with van der Waals surface area (Å²) in [6.45, 7) is 12.6. The number of hydrogen-bond donors (Lipinski definition) is 0. The van der Waals surface area contributed by atoms with E-state index in [9.17, 15) is 0 Å². The lowest BCUT2D eigenvalue weighted by atomic mass is 9.57. The monoisotopic (exact) mass is 278 g/mol. The van der Waals surface area contributed by atoms with Crippen LogP contribution in [-0.4, -0.2) is 0 Å². The van der Waals surface area contributed by atoms with Crippen molar-refractivity contribution in [3.63, 3.8) is 0 Å². The van der Waals surface area contributed by atoms with Crippen molar-refractivity contribution in [1.29, 1.82) is 0 Å². The van der Waals surface area contributed by atoms with Gasteiger partial charge in [-0.2, -0.15) is 0 Å². The summed E-state index contributed by atoms with van der Waals surface area (Å²) in [7, 11) is 0. The van der Waals surface area contributed by atoms with E-state index in [-0.39, 0.29) is 0 Å². The Labute approximate surface area is 128 Å². The molecule has 5 atom stereocenters. The van der Waals surface area contributed by atoms with Crippen LogP contribution in [0.2, 0.25) is 0 Å². The Morgan fingerprint density at radius 1 is 0.900 bits per heavy atom.